The summed E-state index contributed by atoms with van der Waals surface area (Å²) < 4.78 is 10.4. The maximum Gasteiger partial charge on any atom is 0.360 e. The molecule has 1 N–H and O–H groups in total. The molecule has 1 aliphatic rings. The van der Waals surface area contributed by atoms with Gasteiger partial charge in [0, 0.05) is 18.6 Å². The first kappa shape index (κ1) is 14.8. The summed E-state index contributed by atoms with van der Waals surface area (Å²) in [4.78, 5) is 17.9. The Bertz CT molecular complexity index is 439. The molecule has 1 unspecified atom stereocenters. The van der Waals surface area contributed by atoms with Crippen molar-refractivity contribution in [3.05, 3.63) is 12.0 Å². The molecular formula is C14H23N3O3. The first-order valence-electron chi connectivity index (χ1n) is 7.24. The number of nitrogens with zero attached hydrogens (tertiary/aromatic N) is 2. The van der Waals surface area contributed by atoms with Gasteiger partial charge in [-0.3, -0.25) is 0 Å². The predicted molar refractivity (Wildman–Crippen MR) is 76.0 cm³/mol. The van der Waals surface area contributed by atoms with Crippen LogP contribution >= 0.6 is 0 Å². The second-order valence-electron chi connectivity index (χ2n) is 5.28. The van der Waals surface area contributed by atoms with Crippen LogP contribution in [-0.2, 0) is 4.74 Å². The summed E-state index contributed by atoms with van der Waals surface area (Å²) in [5, 5.41) is 3.46. The highest BCUT2D eigenvalue weighted by Crippen LogP contribution is 2.19. The molecule has 112 valence electrons. The molecule has 20 heavy (non-hydrogen) atoms. The number of oxazole rings is 1. The summed E-state index contributed by atoms with van der Waals surface area (Å²) in [5.41, 5.74) is 0.229. The molecular weight excluding hydrogens is 258 g/mol. The van der Waals surface area contributed by atoms with E-state index in [2.05, 4.69) is 29.0 Å². The van der Waals surface area contributed by atoms with Crippen LogP contribution in [0.25, 0.3) is 0 Å². The van der Waals surface area contributed by atoms with Crippen LogP contribution in [0, 0.1) is 0 Å². The van der Waals surface area contributed by atoms with Crippen molar-refractivity contribution in [2.45, 2.75) is 45.7 Å². The van der Waals surface area contributed by atoms with Gasteiger partial charge in [0.05, 0.1) is 6.61 Å². The number of nitrogens with one attached hydrogen (secondary N) is 1. The molecule has 1 fully saturated rings. The molecule has 0 radical (unpaired) electrons. The minimum absolute atomic E-state index is 0.229. The monoisotopic (exact) mass is 281 g/mol. The van der Waals surface area contributed by atoms with E-state index in [-0.39, 0.29) is 11.7 Å². The van der Waals surface area contributed by atoms with E-state index in [4.69, 9.17) is 9.15 Å². The quantitative estimate of drug-likeness (QED) is 0.802. The van der Waals surface area contributed by atoms with Crippen LogP contribution in [0.3, 0.4) is 0 Å². The number of hydrogen-bond donors (Lipinski definition) is 1. The van der Waals surface area contributed by atoms with Crippen molar-refractivity contribution in [2.75, 3.05) is 24.6 Å². The van der Waals surface area contributed by atoms with E-state index in [0.717, 1.165) is 19.5 Å². The van der Waals surface area contributed by atoms with Crippen LogP contribution in [0.15, 0.2) is 10.7 Å². The summed E-state index contributed by atoms with van der Waals surface area (Å²) in [7, 11) is 0. The molecule has 0 aliphatic carbocycles. The highest BCUT2D eigenvalue weighted by Gasteiger charge is 2.24. The molecule has 2 rings (SSSR count). The van der Waals surface area contributed by atoms with Crippen molar-refractivity contribution in [3.8, 4) is 0 Å². The molecule has 0 saturated carbocycles. The lowest BCUT2D eigenvalue weighted by Crippen LogP contribution is -2.41. The van der Waals surface area contributed by atoms with Crippen molar-refractivity contribution >= 4 is 12.0 Å². The van der Waals surface area contributed by atoms with E-state index in [0.29, 0.717) is 18.7 Å². The smallest absolute Gasteiger partial charge is 0.360 e. The minimum atomic E-state index is -0.440. The Balaban J connectivity index is 2.07. The zero-order valence-corrected chi connectivity index (χ0v) is 12.4. The molecule has 1 aromatic heterocycles. The fourth-order valence-corrected chi connectivity index (χ4v) is 2.35. The van der Waals surface area contributed by atoms with Gasteiger partial charge in [0.15, 0.2) is 5.69 Å². The summed E-state index contributed by atoms with van der Waals surface area (Å²) in [5.74, 6) is -0.440. The Labute approximate surface area is 119 Å². The van der Waals surface area contributed by atoms with E-state index in [9.17, 15) is 4.79 Å². The fraction of sp³-hybridized carbons (Fsp3) is 0.714. The first-order valence-corrected chi connectivity index (χ1v) is 7.24. The molecule has 1 saturated heterocycles. The topological polar surface area (TPSA) is 67.6 Å². The van der Waals surface area contributed by atoms with Gasteiger partial charge in [-0.2, -0.15) is 4.98 Å². The average Bonchev–Trinajstić information content (AvgIpc) is 3.07. The zero-order chi connectivity index (χ0) is 14.5. The van der Waals surface area contributed by atoms with E-state index < -0.39 is 5.97 Å². The second kappa shape index (κ2) is 6.74. The molecule has 6 heteroatoms. The fourth-order valence-electron chi connectivity index (χ4n) is 2.35. The highest BCUT2D eigenvalue weighted by atomic mass is 16.5. The van der Waals surface area contributed by atoms with Gasteiger partial charge in [-0.1, -0.05) is 0 Å². The summed E-state index contributed by atoms with van der Waals surface area (Å²) in [6.45, 7) is 8.18. The van der Waals surface area contributed by atoms with Gasteiger partial charge in [0.25, 0.3) is 6.01 Å². The molecule has 0 bridgehead atoms. The van der Waals surface area contributed by atoms with Gasteiger partial charge in [0.1, 0.15) is 6.26 Å². The third-order valence-electron chi connectivity index (χ3n) is 3.43. The largest absolute Gasteiger partial charge is 0.461 e. The maximum atomic E-state index is 11.6. The Kier molecular flexibility index (Phi) is 5.00. The van der Waals surface area contributed by atoms with Crippen molar-refractivity contribution in [3.63, 3.8) is 0 Å². The summed E-state index contributed by atoms with van der Waals surface area (Å²) in [6, 6.07) is 1.19. The van der Waals surface area contributed by atoms with Gasteiger partial charge in [-0.05, 0) is 40.2 Å². The van der Waals surface area contributed by atoms with Gasteiger partial charge in [-0.15, -0.1) is 0 Å². The molecule has 0 amide bonds. The molecule has 2 heterocycles. The highest BCUT2D eigenvalue weighted by molar-refractivity contribution is 5.87. The minimum Gasteiger partial charge on any atom is -0.461 e. The number of rotatable bonds is 6. The maximum absolute atomic E-state index is 11.6. The Hall–Kier alpha value is -1.56. The number of aromatic nitrogens is 1. The van der Waals surface area contributed by atoms with Crippen LogP contribution in [0.4, 0.5) is 6.01 Å². The number of hydrogen-bond acceptors (Lipinski definition) is 6. The average molecular weight is 281 g/mol. The number of anilines is 1. The second-order valence-corrected chi connectivity index (χ2v) is 5.28. The lowest BCUT2D eigenvalue weighted by molar-refractivity contribution is 0.0519. The summed E-state index contributed by atoms with van der Waals surface area (Å²) >= 11 is 0. The van der Waals surface area contributed by atoms with Gasteiger partial charge >= 0.3 is 5.97 Å². The third-order valence-corrected chi connectivity index (χ3v) is 3.43. The molecule has 0 spiro atoms. The Morgan fingerprint density at radius 3 is 3.05 bits per heavy atom. The standard InChI is InChI=1S/C14H23N3O3/c1-4-19-13(18)12-9-20-14(16-12)17(10(2)3)8-11-6-5-7-15-11/h9-11,15H,4-8H2,1-3H3. The Morgan fingerprint density at radius 2 is 2.45 bits per heavy atom. The molecule has 1 aliphatic heterocycles. The van der Waals surface area contributed by atoms with E-state index in [1.165, 1.54) is 12.7 Å². The lowest BCUT2D eigenvalue weighted by Gasteiger charge is -2.27. The van der Waals surface area contributed by atoms with Crippen LogP contribution < -0.4 is 10.2 Å². The van der Waals surface area contributed by atoms with Crippen LogP contribution in [0.1, 0.15) is 44.1 Å². The van der Waals surface area contributed by atoms with E-state index >= 15 is 0 Å². The van der Waals surface area contributed by atoms with Gasteiger partial charge in [0.2, 0.25) is 0 Å². The third kappa shape index (κ3) is 3.50. The van der Waals surface area contributed by atoms with E-state index in [1.54, 1.807) is 6.92 Å². The first-order chi connectivity index (χ1) is 9.61. The molecule has 6 nitrogen and oxygen atoms in total. The number of ether oxygens (including phenoxy) is 1. The summed E-state index contributed by atoms with van der Waals surface area (Å²) in [6.07, 6.45) is 3.73. The van der Waals surface area contributed by atoms with Gasteiger partial charge < -0.3 is 19.4 Å². The van der Waals surface area contributed by atoms with Crippen molar-refractivity contribution in [2.24, 2.45) is 0 Å². The van der Waals surface area contributed by atoms with Crippen molar-refractivity contribution in [1.29, 1.82) is 0 Å². The Morgan fingerprint density at radius 1 is 1.65 bits per heavy atom. The van der Waals surface area contributed by atoms with Crippen LogP contribution in [-0.4, -0.2) is 42.7 Å². The van der Waals surface area contributed by atoms with Crippen LogP contribution in [0.5, 0.6) is 0 Å². The van der Waals surface area contributed by atoms with E-state index in [1.807, 2.05) is 0 Å². The number of carbonyl (C=O) groups excluding carboxylic acids is 1. The van der Waals surface area contributed by atoms with Crippen molar-refractivity contribution in [1.82, 2.24) is 10.3 Å². The molecule has 1 aromatic rings. The molecule has 0 aromatic carbocycles. The number of carbonyl (C=O) groups is 1. The van der Waals surface area contributed by atoms with Crippen LogP contribution in [0.2, 0.25) is 0 Å². The van der Waals surface area contributed by atoms with Crippen molar-refractivity contribution < 1.29 is 13.9 Å². The molecule has 1 atom stereocenters. The number of esters is 1. The predicted octanol–water partition coefficient (Wildman–Crippen LogP) is 1.82. The zero-order valence-electron chi connectivity index (χ0n) is 12.4. The van der Waals surface area contributed by atoms with Gasteiger partial charge in [-0.25, -0.2) is 4.79 Å². The SMILES string of the molecule is CCOC(=O)c1coc(N(CC2CCCN2)C(C)C)n1. The normalized spacial score (nSPS) is 18.5. The lowest BCUT2D eigenvalue weighted by atomic mass is 10.2.